The van der Waals surface area contributed by atoms with E-state index in [0.717, 1.165) is 12.8 Å². The van der Waals surface area contributed by atoms with Gasteiger partial charge in [-0.3, -0.25) is 4.79 Å². The Hall–Kier alpha value is -1.35. The lowest BCUT2D eigenvalue weighted by Crippen LogP contribution is -2.37. The van der Waals surface area contributed by atoms with Crippen LogP contribution in [0.5, 0.6) is 0 Å². The number of carbonyl (C=O) groups excluding carboxylic acids is 1. The highest BCUT2D eigenvalue weighted by atomic mass is 16.5. The summed E-state index contributed by atoms with van der Waals surface area (Å²) in [6.07, 6.45) is 7.05. The first-order valence-corrected chi connectivity index (χ1v) is 8.13. The monoisotopic (exact) mass is 289 g/mol. The number of methoxy groups -OCH3 is 1. The van der Waals surface area contributed by atoms with Gasteiger partial charge in [0.05, 0.1) is 6.61 Å². The van der Waals surface area contributed by atoms with E-state index in [9.17, 15) is 4.79 Å². The summed E-state index contributed by atoms with van der Waals surface area (Å²) < 4.78 is 5.18. The van der Waals surface area contributed by atoms with Gasteiger partial charge >= 0.3 is 0 Å². The first-order valence-electron chi connectivity index (χ1n) is 8.13. The lowest BCUT2D eigenvalue weighted by Gasteiger charge is -2.27. The summed E-state index contributed by atoms with van der Waals surface area (Å²) in [6.45, 7) is 1.98. The van der Waals surface area contributed by atoms with Gasteiger partial charge in [-0.1, -0.05) is 56.0 Å². The fraction of sp³-hybridized carbons (Fsp3) is 0.611. The molecule has 0 atom stereocenters. The molecular formula is C18H27NO2. The van der Waals surface area contributed by atoms with Crippen molar-refractivity contribution < 1.29 is 9.53 Å². The Labute approximate surface area is 128 Å². The van der Waals surface area contributed by atoms with Crippen molar-refractivity contribution in [1.29, 1.82) is 0 Å². The molecule has 0 spiro atoms. The maximum atomic E-state index is 12.8. The van der Waals surface area contributed by atoms with Gasteiger partial charge in [0.2, 0.25) is 5.91 Å². The van der Waals surface area contributed by atoms with Crippen molar-refractivity contribution in [3.8, 4) is 0 Å². The van der Waals surface area contributed by atoms with E-state index >= 15 is 0 Å². The third-order valence-corrected chi connectivity index (χ3v) is 4.30. The molecule has 1 saturated carbocycles. The first-order chi connectivity index (χ1) is 10.3. The highest BCUT2D eigenvalue weighted by Crippen LogP contribution is 2.25. The van der Waals surface area contributed by atoms with Crippen molar-refractivity contribution in [3.63, 3.8) is 0 Å². The molecule has 21 heavy (non-hydrogen) atoms. The van der Waals surface area contributed by atoms with Crippen LogP contribution in [0.25, 0.3) is 0 Å². The van der Waals surface area contributed by atoms with Crippen LogP contribution in [-0.2, 0) is 16.1 Å². The average Bonchev–Trinajstić information content (AvgIpc) is 2.81. The molecule has 116 valence electrons. The number of benzene rings is 1. The molecule has 1 aliphatic carbocycles. The Bertz CT molecular complexity index is 410. The van der Waals surface area contributed by atoms with Crippen molar-refractivity contribution in [2.45, 2.75) is 45.1 Å². The number of amides is 1. The van der Waals surface area contributed by atoms with Crippen LogP contribution in [0.2, 0.25) is 0 Å². The largest absolute Gasteiger partial charge is 0.383 e. The minimum Gasteiger partial charge on any atom is -0.383 e. The molecule has 0 saturated heterocycles. The van der Waals surface area contributed by atoms with Crippen molar-refractivity contribution in [1.82, 2.24) is 4.90 Å². The van der Waals surface area contributed by atoms with E-state index in [4.69, 9.17) is 4.74 Å². The summed E-state index contributed by atoms with van der Waals surface area (Å²) in [5, 5.41) is 0. The summed E-state index contributed by atoms with van der Waals surface area (Å²) in [5.41, 5.74) is 1.19. The normalized spacial score (nSPS) is 16.4. The van der Waals surface area contributed by atoms with Gasteiger partial charge in [-0.2, -0.15) is 0 Å². The molecule has 0 radical (unpaired) electrons. The van der Waals surface area contributed by atoms with Gasteiger partial charge in [0.25, 0.3) is 0 Å². The molecule has 1 aromatic carbocycles. The van der Waals surface area contributed by atoms with E-state index in [-0.39, 0.29) is 5.92 Å². The van der Waals surface area contributed by atoms with Crippen LogP contribution in [0.1, 0.15) is 44.1 Å². The van der Waals surface area contributed by atoms with Crippen molar-refractivity contribution in [2.24, 2.45) is 5.92 Å². The zero-order valence-corrected chi connectivity index (χ0v) is 13.1. The van der Waals surface area contributed by atoms with Gasteiger partial charge in [0, 0.05) is 26.1 Å². The summed E-state index contributed by atoms with van der Waals surface area (Å²) >= 11 is 0. The van der Waals surface area contributed by atoms with E-state index in [2.05, 4.69) is 12.1 Å². The van der Waals surface area contributed by atoms with Crippen molar-refractivity contribution in [2.75, 3.05) is 20.3 Å². The minimum absolute atomic E-state index is 0.216. The highest BCUT2D eigenvalue weighted by molar-refractivity contribution is 5.78. The maximum Gasteiger partial charge on any atom is 0.226 e. The second kappa shape index (κ2) is 8.83. The number of hydrogen-bond donors (Lipinski definition) is 0. The molecule has 0 unspecified atom stereocenters. The lowest BCUT2D eigenvalue weighted by molar-refractivity contribution is -0.137. The Kier molecular flexibility index (Phi) is 6.74. The molecule has 1 amide bonds. The van der Waals surface area contributed by atoms with Gasteiger partial charge in [-0.25, -0.2) is 0 Å². The van der Waals surface area contributed by atoms with Gasteiger partial charge in [-0.05, 0) is 18.4 Å². The second-order valence-electron chi connectivity index (χ2n) is 5.93. The summed E-state index contributed by atoms with van der Waals surface area (Å²) in [4.78, 5) is 14.8. The van der Waals surface area contributed by atoms with Gasteiger partial charge in [0.15, 0.2) is 0 Å². The third-order valence-electron chi connectivity index (χ3n) is 4.30. The van der Waals surface area contributed by atoms with Crippen LogP contribution in [0.4, 0.5) is 0 Å². The summed E-state index contributed by atoms with van der Waals surface area (Å²) in [7, 11) is 1.69. The second-order valence-corrected chi connectivity index (χ2v) is 5.93. The molecule has 3 heteroatoms. The third kappa shape index (κ3) is 5.16. The van der Waals surface area contributed by atoms with E-state index in [1.807, 2.05) is 23.1 Å². The molecule has 0 aliphatic heterocycles. The Balaban J connectivity index is 2.01. The first kappa shape index (κ1) is 16.0. The van der Waals surface area contributed by atoms with E-state index in [1.54, 1.807) is 7.11 Å². The van der Waals surface area contributed by atoms with E-state index < -0.39 is 0 Å². The number of rotatable bonds is 6. The number of hydrogen-bond acceptors (Lipinski definition) is 2. The van der Waals surface area contributed by atoms with Crippen LogP contribution < -0.4 is 0 Å². The smallest absolute Gasteiger partial charge is 0.226 e. The molecule has 3 nitrogen and oxygen atoms in total. The summed E-state index contributed by atoms with van der Waals surface area (Å²) in [6, 6.07) is 10.2. The van der Waals surface area contributed by atoms with Gasteiger partial charge < -0.3 is 9.64 Å². The number of carbonyl (C=O) groups is 1. The summed E-state index contributed by atoms with van der Waals surface area (Å²) in [5.74, 6) is 0.533. The molecule has 0 bridgehead atoms. The molecule has 2 rings (SSSR count). The molecule has 0 aromatic heterocycles. The highest BCUT2D eigenvalue weighted by Gasteiger charge is 2.25. The van der Waals surface area contributed by atoms with E-state index in [1.165, 1.54) is 31.2 Å². The van der Waals surface area contributed by atoms with Crippen molar-refractivity contribution >= 4 is 5.91 Å². The van der Waals surface area contributed by atoms with Crippen LogP contribution >= 0.6 is 0 Å². The molecule has 1 fully saturated rings. The Morgan fingerprint density at radius 1 is 1.14 bits per heavy atom. The number of nitrogens with zero attached hydrogens (tertiary/aromatic N) is 1. The van der Waals surface area contributed by atoms with Gasteiger partial charge in [0.1, 0.15) is 0 Å². The molecule has 0 heterocycles. The van der Waals surface area contributed by atoms with Crippen LogP contribution in [0.3, 0.4) is 0 Å². The van der Waals surface area contributed by atoms with E-state index in [0.29, 0.717) is 25.6 Å². The SMILES string of the molecule is COCCN(Cc1ccccc1)C(=O)C1CCCCCC1. The molecule has 1 aliphatic rings. The predicted octanol–water partition coefficient (Wildman–Crippen LogP) is 3.63. The molecule has 0 N–H and O–H groups in total. The number of ether oxygens (including phenoxy) is 1. The van der Waals surface area contributed by atoms with Crippen LogP contribution in [0.15, 0.2) is 30.3 Å². The Morgan fingerprint density at radius 3 is 2.43 bits per heavy atom. The molecule has 1 aromatic rings. The Morgan fingerprint density at radius 2 is 1.81 bits per heavy atom. The topological polar surface area (TPSA) is 29.5 Å². The van der Waals surface area contributed by atoms with Gasteiger partial charge in [-0.15, -0.1) is 0 Å². The van der Waals surface area contributed by atoms with Crippen LogP contribution in [-0.4, -0.2) is 31.1 Å². The fourth-order valence-corrected chi connectivity index (χ4v) is 3.06. The zero-order chi connectivity index (χ0) is 14.9. The quantitative estimate of drug-likeness (QED) is 0.748. The average molecular weight is 289 g/mol. The minimum atomic E-state index is 0.216. The zero-order valence-electron chi connectivity index (χ0n) is 13.1. The molecular weight excluding hydrogens is 262 g/mol. The maximum absolute atomic E-state index is 12.8. The van der Waals surface area contributed by atoms with Crippen molar-refractivity contribution in [3.05, 3.63) is 35.9 Å². The standard InChI is InChI=1S/C18H27NO2/c1-21-14-13-19(15-16-9-5-4-6-10-16)18(20)17-11-7-2-3-8-12-17/h4-6,9-10,17H,2-3,7-8,11-15H2,1H3. The fourth-order valence-electron chi connectivity index (χ4n) is 3.06. The van der Waals surface area contributed by atoms with Crippen LogP contribution in [0, 0.1) is 5.92 Å². The lowest BCUT2D eigenvalue weighted by atomic mass is 9.98. The predicted molar refractivity (Wildman–Crippen MR) is 84.9 cm³/mol.